The van der Waals surface area contributed by atoms with Crippen LogP contribution in [0.25, 0.3) is 0 Å². The monoisotopic (exact) mass is 425 g/mol. The van der Waals surface area contributed by atoms with Crippen LogP contribution in [0.1, 0.15) is 30.9 Å². The predicted molar refractivity (Wildman–Crippen MR) is 125 cm³/mol. The van der Waals surface area contributed by atoms with Crippen LogP contribution >= 0.6 is 0 Å². The lowest BCUT2D eigenvalue weighted by Crippen LogP contribution is -2.48. The summed E-state index contributed by atoms with van der Waals surface area (Å²) in [6.45, 7) is 5.86. The number of rotatable bonds is 9. The molecule has 1 saturated heterocycles. The molecule has 0 bridgehead atoms. The van der Waals surface area contributed by atoms with Crippen molar-refractivity contribution in [3.05, 3.63) is 59.7 Å². The van der Waals surface area contributed by atoms with E-state index < -0.39 is 0 Å². The Morgan fingerprint density at radius 3 is 2.29 bits per heavy atom. The molecule has 0 aliphatic carbocycles. The van der Waals surface area contributed by atoms with Gasteiger partial charge in [-0.2, -0.15) is 0 Å². The number of hydrogen-bond donors (Lipinski definition) is 2. The van der Waals surface area contributed by atoms with E-state index in [-0.39, 0.29) is 5.41 Å². The maximum Gasteiger partial charge on any atom is 0.191 e. The molecule has 0 saturated carbocycles. The van der Waals surface area contributed by atoms with Crippen LogP contribution in [0.4, 0.5) is 0 Å². The summed E-state index contributed by atoms with van der Waals surface area (Å²) >= 11 is 0. The highest BCUT2D eigenvalue weighted by Gasteiger charge is 2.34. The van der Waals surface area contributed by atoms with E-state index in [1.165, 1.54) is 11.1 Å². The van der Waals surface area contributed by atoms with Crippen molar-refractivity contribution >= 4 is 5.96 Å². The van der Waals surface area contributed by atoms with E-state index in [0.717, 1.165) is 63.0 Å². The van der Waals surface area contributed by atoms with Crippen LogP contribution in [0.3, 0.4) is 0 Å². The Balaban J connectivity index is 1.57. The van der Waals surface area contributed by atoms with Gasteiger partial charge < -0.3 is 24.8 Å². The Morgan fingerprint density at radius 2 is 1.68 bits per heavy atom. The molecule has 1 fully saturated rings. The van der Waals surface area contributed by atoms with E-state index in [4.69, 9.17) is 14.2 Å². The first-order valence-corrected chi connectivity index (χ1v) is 11.1. The van der Waals surface area contributed by atoms with Gasteiger partial charge in [-0.1, -0.05) is 24.3 Å². The van der Waals surface area contributed by atoms with Gasteiger partial charge in [0.1, 0.15) is 11.5 Å². The van der Waals surface area contributed by atoms with Gasteiger partial charge in [-0.3, -0.25) is 4.99 Å². The minimum Gasteiger partial charge on any atom is -0.497 e. The van der Waals surface area contributed by atoms with E-state index in [1.807, 2.05) is 26.1 Å². The predicted octanol–water partition coefficient (Wildman–Crippen LogP) is 3.55. The highest BCUT2D eigenvalue weighted by molar-refractivity contribution is 5.79. The summed E-state index contributed by atoms with van der Waals surface area (Å²) in [5, 5.41) is 6.99. The fourth-order valence-electron chi connectivity index (χ4n) is 3.99. The molecule has 0 radical (unpaired) electrons. The van der Waals surface area contributed by atoms with Gasteiger partial charge in [-0.25, -0.2) is 0 Å². The number of methoxy groups -OCH3 is 1. The molecule has 0 atom stereocenters. The van der Waals surface area contributed by atoms with Crippen LogP contribution in [-0.4, -0.2) is 53.0 Å². The van der Waals surface area contributed by atoms with Gasteiger partial charge in [0.15, 0.2) is 5.96 Å². The molecule has 6 nitrogen and oxygen atoms in total. The van der Waals surface area contributed by atoms with Gasteiger partial charge in [0, 0.05) is 38.8 Å². The Kier molecular flexibility index (Phi) is 8.59. The second-order valence-electron chi connectivity index (χ2n) is 7.80. The van der Waals surface area contributed by atoms with Crippen molar-refractivity contribution in [2.75, 3.05) is 47.1 Å². The van der Waals surface area contributed by atoms with Gasteiger partial charge in [0.2, 0.25) is 0 Å². The molecule has 31 heavy (non-hydrogen) atoms. The summed E-state index contributed by atoms with van der Waals surface area (Å²) in [5.41, 5.74) is 2.61. The maximum absolute atomic E-state index is 5.66. The number of hydrogen-bond acceptors (Lipinski definition) is 4. The zero-order valence-corrected chi connectivity index (χ0v) is 18.9. The van der Waals surface area contributed by atoms with E-state index >= 15 is 0 Å². The van der Waals surface area contributed by atoms with Crippen LogP contribution in [0.2, 0.25) is 0 Å². The van der Waals surface area contributed by atoms with Crippen LogP contribution in [0.15, 0.2) is 53.5 Å². The summed E-state index contributed by atoms with van der Waals surface area (Å²) in [4.78, 5) is 4.42. The van der Waals surface area contributed by atoms with Crippen LogP contribution < -0.4 is 20.1 Å². The number of aliphatic imine (C=N–C) groups is 1. The summed E-state index contributed by atoms with van der Waals surface area (Å²) in [7, 11) is 3.50. The molecule has 0 unspecified atom stereocenters. The highest BCUT2D eigenvalue weighted by atomic mass is 16.5. The van der Waals surface area contributed by atoms with Crippen molar-refractivity contribution in [3.63, 3.8) is 0 Å². The van der Waals surface area contributed by atoms with E-state index in [2.05, 4.69) is 52.0 Å². The highest BCUT2D eigenvalue weighted by Crippen LogP contribution is 2.35. The van der Waals surface area contributed by atoms with Gasteiger partial charge in [0.25, 0.3) is 0 Å². The molecule has 2 aromatic rings. The first kappa shape index (κ1) is 22.9. The van der Waals surface area contributed by atoms with Crippen molar-refractivity contribution in [2.24, 2.45) is 4.99 Å². The second-order valence-corrected chi connectivity index (χ2v) is 7.80. The van der Waals surface area contributed by atoms with Gasteiger partial charge in [-0.05, 0) is 61.6 Å². The third-order valence-corrected chi connectivity index (χ3v) is 5.91. The largest absolute Gasteiger partial charge is 0.497 e. The van der Waals surface area contributed by atoms with Gasteiger partial charge >= 0.3 is 0 Å². The van der Waals surface area contributed by atoms with Crippen molar-refractivity contribution in [2.45, 2.75) is 31.6 Å². The number of nitrogens with one attached hydrogen (secondary N) is 2. The molecule has 1 heterocycles. The standard InChI is InChI=1S/C25H35N3O3/c1-4-31-23-11-7-21(8-12-23)25(14-17-30-18-15-25)19-28-24(26-2)27-16-13-20-5-9-22(29-3)10-6-20/h5-12H,4,13-19H2,1-3H3,(H2,26,27,28). The molecular formula is C25H35N3O3. The molecule has 2 aromatic carbocycles. The normalized spacial score (nSPS) is 15.9. The third-order valence-electron chi connectivity index (χ3n) is 5.91. The number of guanidine groups is 1. The Labute approximate surface area is 186 Å². The maximum atomic E-state index is 5.66. The fraction of sp³-hybridized carbons (Fsp3) is 0.480. The van der Waals surface area contributed by atoms with Crippen LogP contribution in [0.5, 0.6) is 11.5 Å². The molecule has 0 spiro atoms. The van der Waals surface area contributed by atoms with Crippen molar-refractivity contribution in [1.29, 1.82) is 0 Å². The number of benzene rings is 2. The minimum atomic E-state index is 0.0244. The summed E-state index contributed by atoms with van der Waals surface area (Å²) in [5.74, 6) is 2.62. The fourth-order valence-corrected chi connectivity index (χ4v) is 3.99. The summed E-state index contributed by atoms with van der Waals surface area (Å²) in [6, 6.07) is 16.7. The van der Waals surface area contributed by atoms with E-state index in [1.54, 1.807) is 7.11 Å². The van der Waals surface area contributed by atoms with E-state index in [0.29, 0.717) is 6.61 Å². The molecule has 1 aliphatic heterocycles. The Morgan fingerprint density at radius 1 is 1.00 bits per heavy atom. The lowest BCUT2D eigenvalue weighted by Gasteiger charge is -2.38. The van der Waals surface area contributed by atoms with Crippen molar-refractivity contribution in [1.82, 2.24) is 10.6 Å². The first-order chi connectivity index (χ1) is 15.2. The molecule has 1 aliphatic rings. The Hall–Kier alpha value is -2.73. The average molecular weight is 426 g/mol. The topological polar surface area (TPSA) is 64.1 Å². The molecule has 168 valence electrons. The summed E-state index contributed by atoms with van der Waals surface area (Å²) in [6.07, 6.45) is 2.89. The quantitative estimate of drug-likeness (QED) is 0.475. The van der Waals surface area contributed by atoms with Gasteiger partial charge in [0.05, 0.1) is 13.7 Å². The molecule has 0 amide bonds. The van der Waals surface area contributed by atoms with Crippen LogP contribution in [0, 0.1) is 0 Å². The zero-order valence-electron chi connectivity index (χ0n) is 18.9. The average Bonchev–Trinajstić information content (AvgIpc) is 2.83. The molecule has 0 aromatic heterocycles. The van der Waals surface area contributed by atoms with Gasteiger partial charge in [-0.15, -0.1) is 0 Å². The first-order valence-electron chi connectivity index (χ1n) is 11.1. The van der Waals surface area contributed by atoms with E-state index in [9.17, 15) is 0 Å². The summed E-state index contributed by atoms with van der Waals surface area (Å²) < 4.78 is 16.5. The zero-order chi connectivity index (χ0) is 21.9. The lowest BCUT2D eigenvalue weighted by atomic mass is 9.74. The third kappa shape index (κ3) is 6.37. The smallest absolute Gasteiger partial charge is 0.191 e. The minimum absolute atomic E-state index is 0.0244. The van der Waals surface area contributed by atoms with Crippen molar-refractivity contribution < 1.29 is 14.2 Å². The second kappa shape index (κ2) is 11.6. The lowest BCUT2D eigenvalue weighted by molar-refractivity contribution is 0.0513. The molecule has 6 heteroatoms. The number of ether oxygens (including phenoxy) is 3. The molecular weight excluding hydrogens is 390 g/mol. The Bertz CT molecular complexity index is 813. The SMILES string of the molecule is CCOc1ccc(C2(CNC(=NC)NCCc3ccc(OC)cc3)CCOCC2)cc1. The molecule has 2 N–H and O–H groups in total. The number of nitrogens with zero attached hydrogens (tertiary/aromatic N) is 1. The van der Waals surface area contributed by atoms with Crippen LogP contribution in [-0.2, 0) is 16.6 Å². The van der Waals surface area contributed by atoms with Crippen molar-refractivity contribution in [3.8, 4) is 11.5 Å². The molecule has 3 rings (SSSR count).